The number of nitrogens with zero attached hydrogens (tertiary/aromatic N) is 2. The Hall–Kier alpha value is -1.93. The molecule has 1 aromatic heterocycles. The second-order valence-electron chi connectivity index (χ2n) is 7.75. The Morgan fingerprint density at radius 3 is 2.43 bits per heavy atom. The van der Waals surface area contributed by atoms with Crippen LogP contribution in [0, 0.1) is 11.3 Å². The summed E-state index contributed by atoms with van der Waals surface area (Å²) in [6.45, 7) is 7.08. The van der Waals surface area contributed by atoms with Gasteiger partial charge in [-0.05, 0) is 33.1 Å². The minimum absolute atomic E-state index is 0.139. The highest BCUT2D eigenvalue weighted by Crippen LogP contribution is 2.32. The largest absolute Gasteiger partial charge is 0.463 e. The number of ether oxygens (including phenoxy) is 3. The first-order chi connectivity index (χ1) is 13.2. The van der Waals surface area contributed by atoms with Gasteiger partial charge >= 0.3 is 5.97 Å². The van der Waals surface area contributed by atoms with E-state index in [1.807, 2.05) is 30.3 Å². The molecule has 0 bridgehead atoms. The first kappa shape index (κ1) is 24.1. The molecule has 2 atom stereocenters. The second-order valence-corrected chi connectivity index (χ2v) is 7.75. The summed E-state index contributed by atoms with van der Waals surface area (Å²) in [6.07, 6.45) is 7.71. The Labute approximate surface area is 167 Å². The van der Waals surface area contributed by atoms with Crippen LogP contribution >= 0.6 is 0 Å². The second kappa shape index (κ2) is 11.8. The number of primary amides is 1. The van der Waals surface area contributed by atoms with Crippen LogP contribution in [0.2, 0.25) is 0 Å². The third kappa shape index (κ3) is 7.98. The Morgan fingerprint density at radius 1 is 1.21 bits per heavy atom. The Balaban J connectivity index is 2.62. The number of hydrogen-bond donors (Lipinski definition) is 1. The van der Waals surface area contributed by atoms with Crippen LogP contribution in [0.1, 0.15) is 46.1 Å². The standard InChI is InChI=1S/C20H35N3O5/c1-6-17(23-8-7-22(4)15-23)13-16(18(21)24)14-20(2,3)19(25)28-12-11-27-10-9-26-5/h7-8,15-17H,6,9-14H2,1-5H3,(H-,21,24)/p+1. The van der Waals surface area contributed by atoms with Crippen LogP contribution in [0.3, 0.4) is 0 Å². The maximum atomic E-state index is 12.5. The molecule has 0 saturated carbocycles. The molecule has 0 fully saturated rings. The van der Waals surface area contributed by atoms with Crippen molar-refractivity contribution in [2.75, 3.05) is 33.5 Å². The SMILES string of the molecule is CCC(CC(CC(C)(C)C(=O)OCCOCCOC)C(N)=O)n1cc[n+](C)c1. The summed E-state index contributed by atoms with van der Waals surface area (Å²) in [6, 6.07) is 0.139. The van der Waals surface area contributed by atoms with Crippen LogP contribution < -0.4 is 10.3 Å². The van der Waals surface area contributed by atoms with E-state index in [0.717, 1.165) is 6.42 Å². The average Bonchev–Trinajstić information content (AvgIpc) is 3.07. The Bertz CT molecular complexity index is 615. The lowest BCUT2D eigenvalue weighted by Gasteiger charge is -2.27. The number of esters is 1. The van der Waals surface area contributed by atoms with Gasteiger partial charge in [0.05, 0.1) is 32.3 Å². The van der Waals surface area contributed by atoms with Crippen molar-refractivity contribution in [2.45, 2.75) is 46.1 Å². The van der Waals surface area contributed by atoms with Gasteiger partial charge in [-0.25, -0.2) is 9.13 Å². The molecular weight excluding hydrogens is 362 g/mol. The average molecular weight is 399 g/mol. The molecule has 0 aliphatic carbocycles. The lowest BCUT2D eigenvalue weighted by molar-refractivity contribution is -0.671. The molecular formula is C20H36N3O5+. The maximum Gasteiger partial charge on any atom is 0.311 e. The molecule has 1 aromatic rings. The molecule has 8 heteroatoms. The monoisotopic (exact) mass is 398 g/mol. The minimum atomic E-state index is -0.814. The van der Waals surface area contributed by atoms with Gasteiger partial charge < -0.3 is 19.9 Å². The van der Waals surface area contributed by atoms with E-state index in [0.29, 0.717) is 32.7 Å². The summed E-state index contributed by atoms with van der Waals surface area (Å²) in [5, 5.41) is 0. The fourth-order valence-corrected chi connectivity index (χ4v) is 3.15. The van der Waals surface area contributed by atoms with E-state index in [1.54, 1.807) is 21.0 Å². The van der Waals surface area contributed by atoms with E-state index in [4.69, 9.17) is 19.9 Å². The fourth-order valence-electron chi connectivity index (χ4n) is 3.15. The third-order valence-electron chi connectivity index (χ3n) is 4.84. The summed E-state index contributed by atoms with van der Waals surface area (Å²) in [5.74, 6) is -1.16. The summed E-state index contributed by atoms with van der Waals surface area (Å²) < 4.78 is 19.5. The zero-order chi connectivity index (χ0) is 21.2. The smallest absolute Gasteiger partial charge is 0.311 e. The van der Waals surface area contributed by atoms with Gasteiger partial charge in [-0.2, -0.15) is 0 Å². The number of carbonyl (C=O) groups is 2. The molecule has 8 nitrogen and oxygen atoms in total. The molecule has 1 rings (SSSR count). The van der Waals surface area contributed by atoms with Gasteiger partial charge in [-0.15, -0.1) is 0 Å². The topological polar surface area (TPSA) is 96.7 Å². The molecule has 0 saturated heterocycles. The zero-order valence-electron chi connectivity index (χ0n) is 17.8. The fraction of sp³-hybridized carbons (Fsp3) is 0.750. The quantitative estimate of drug-likeness (QED) is 0.290. The maximum absolute atomic E-state index is 12.5. The lowest BCUT2D eigenvalue weighted by atomic mass is 9.79. The first-order valence-corrected chi connectivity index (χ1v) is 9.77. The normalized spacial score (nSPS) is 13.9. The molecule has 28 heavy (non-hydrogen) atoms. The lowest BCUT2D eigenvalue weighted by Crippen LogP contribution is -2.35. The van der Waals surface area contributed by atoms with Gasteiger partial charge in [0.15, 0.2) is 0 Å². The van der Waals surface area contributed by atoms with Crippen LogP contribution in [0.5, 0.6) is 0 Å². The predicted octanol–water partition coefficient (Wildman–Crippen LogP) is 1.38. The third-order valence-corrected chi connectivity index (χ3v) is 4.84. The molecule has 0 spiro atoms. The van der Waals surface area contributed by atoms with Gasteiger partial charge in [-0.3, -0.25) is 9.59 Å². The van der Waals surface area contributed by atoms with E-state index in [1.165, 1.54) is 0 Å². The molecule has 0 aliphatic rings. The number of carbonyl (C=O) groups excluding carboxylic acids is 2. The van der Waals surface area contributed by atoms with Crippen molar-refractivity contribution >= 4 is 11.9 Å². The van der Waals surface area contributed by atoms with Gasteiger partial charge in [0.1, 0.15) is 25.0 Å². The van der Waals surface area contributed by atoms with Crippen molar-refractivity contribution in [3.63, 3.8) is 0 Å². The van der Waals surface area contributed by atoms with Gasteiger partial charge in [0.25, 0.3) is 0 Å². The number of aryl methyl sites for hydroxylation is 1. The number of nitrogens with two attached hydrogens (primary N) is 1. The predicted molar refractivity (Wildman–Crippen MR) is 104 cm³/mol. The van der Waals surface area contributed by atoms with Gasteiger partial charge in [0.2, 0.25) is 12.2 Å². The highest BCUT2D eigenvalue weighted by Gasteiger charge is 2.36. The molecule has 0 aliphatic heterocycles. The van der Waals surface area contributed by atoms with Crippen LogP contribution in [-0.4, -0.2) is 50.0 Å². The number of amides is 1. The van der Waals surface area contributed by atoms with Crippen LogP contribution in [0.25, 0.3) is 0 Å². The molecule has 160 valence electrons. The molecule has 0 aromatic carbocycles. The molecule has 1 heterocycles. The van der Waals surface area contributed by atoms with Crippen molar-refractivity contribution in [3.05, 3.63) is 18.7 Å². The Kier molecular flexibility index (Phi) is 10.2. The number of imidazole rings is 1. The minimum Gasteiger partial charge on any atom is -0.463 e. The van der Waals surface area contributed by atoms with Gasteiger partial charge in [0, 0.05) is 13.0 Å². The number of aromatic nitrogens is 2. The van der Waals surface area contributed by atoms with E-state index in [-0.39, 0.29) is 18.6 Å². The zero-order valence-corrected chi connectivity index (χ0v) is 17.8. The van der Waals surface area contributed by atoms with E-state index >= 15 is 0 Å². The van der Waals surface area contributed by atoms with Crippen LogP contribution in [0.4, 0.5) is 0 Å². The van der Waals surface area contributed by atoms with Crippen molar-refractivity contribution in [3.8, 4) is 0 Å². The number of rotatable bonds is 14. The molecule has 2 unspecified atom stereocenters. The first-order valence-electron chi connectivity index (χ1n) is 9.77. The highest BCUT2D eigenvalue weighted by atomic mass is 16.6. The van der Waals surface area contributed by atoms with Crippen molar-refractivity contribution in [2.24, 2.45) is 24.1 Å². The molecule has 1 amide bonds. The van der Waals surface area contributed by atoms with Gasteiger partial charge in [-0.1, -0.05) is 6.92 Å². The van der Waals surface area contributed by atoms with E-state index in [2.05, 4.69) is 11.5 Å². The number of hydrogen-bond acceptors (Lipinski definition) is 5. The number of methoxy groups -OCH3 is 1. The summed E-state index contributed by atoms with van der Waals surface area (Å²) in [4.78, 5) is 24.5. The van der Waals surface area contributed by atoms with Crippen LogP contribution in [-0.2, 0) is 30.8 Å². The highest BCUT2D eigenvalue weighted by molar-refractivity contribution is 5.80. The van der Waals surface area contributed by atoms with Crippen molar-refractivity contribution in [1.29, 1.82) is 0 Å². The van der Waals surface area contributed by atoms with Crippen LogP contribution in [0.15, 0.2) is 18.7 Å². The van der Waals surface area contributed by atoms with E-state index in [9.17, 15) is 9.59 Å². The van der Waals surface area contributed by atoms with Crippen molar-refractivity contribution in [1.82, 2.24) is 4.57 Å². The summed E-state index contributed by atoms with van der Waals surface area (Å²) >= 11 is 0. The molecule has 2 N–H and O–H groups in total. The summed E-state index contributed by atoms with van der Waals surface area (Å²) in [5.41, 5.74) is 4.85. The molecule has 0 radical (unpaired) electrons. The summed E-state index contributed by atoms with van der Waals surface area (Å²) in [7, 11) is 3.55. The van der Waals surface area contributed by atoms with Crippen molar-refractivity contribution < 1.29 is 28.4 Å². The van der Waals surface area contributed by atoms with E-state index < -0.39 is 17.2 Å². The Morgan fingerprint density at radius 2 is 1.89 bits per heavy atom.